The summed E-state index contributed by atoms with van der Waals surface area (Å²) in [5.74, 6) is -2.80. The van der Waals surface area contributed by atoms with Crippen LogP contribution in [0.2, 0.25) is 0 Å². The quantitative estimate of drug-likeness (QED) is 0.393. The zero-order valence-corrected chi connectivity index (χ0v) is 15.6. The van der Waals surface area contributed by atoms with Gasteiger partial charge in [0.2, 0.25) is 0 Å². The molecule has 4 N–H and O–H groups in total. The van der Waals surface area contributed by atoms with Crippen LogP contribution < -0.4 is 10.4 Å². The molecular weight excluding hydrogens is 338 g/mol. The fourth-order valence-corrected chi connectivity index (χ4v) is 1.75. The molecule has 1 aromatic carbocycles. The molecule has 0 saturated carbocycles. The number of carboxylic acid groups (broad SMARTS) is 2. The van der Waals surface area contributed by atoms with Crippen molar-refractivity contribution in [1.29, 1.82) is 0 Å². The molecule has 0 spiro atoms. The fraction of sp³-hybridized carbons (Fsp3) is 0.474. The van der Waals surface area contributed by atoms with Crippen LogP contribution in [0.1, 0.15) is 26.3 Å². The van der Waals surface area contributed by atoms with Gasteiger partial charge in [0, 0.05) is 6.08 Å². The number of carboxylic acids is 2. The number of ether oxygens (including phenoxy) is 1. The third-order valence-electron chi connectivity index (χ3n) is 3.05. The lowest BCUT2D eigenvalue weighted by Crippen LogP contribution is -2.96. The minimum absolute atomic E-state index is 0.158. The highest BCUT2D eigenvalue weighted by Gasteiger charge is 2.15. The molecule has 1 rings (SSSR count). The second-order valence-electron chi connectivity index (χ2n) is 6.76. The van der Waals surface area contributed by atoms with Gasteiger partial charge in [0.15, 0.2) is 0 Å². The van der Waals surface area contributed by atoms with E-state index >= 15 is 0 Å². The van der Waals surface area contributed by atoms with Crippen molar-refractivity contribution in [3.05, 3.63) is 48.0 Å². The van der Waals surface area contributed by atoms with Crippen LogP contribution in [-0.2, 0) is 20.7 Å². The van der Waals surface area contributed by atoms with Crippen LogP contribution in [0.5, 0.6) is 0 Å². The summed E-state index contributed by atoms with van der Waals surface area (Å²) in [5.41, 5.74) is 1.43. The topological polar surface area (TPSA) is 124 Å². The van der Waals surface area contributed by atoms with Crippen molar-refractivity contribution < 1.29 is 35.0 Å². The van der Waals surface area contributed by atoms with Crippen molar-refractivity contribution in [2.24, 2.45) is 0 Å². The van der Waals surface area contributed by atoms with E-state index in [1.54, 1.807) is 0 Å². The lowest BCUT2D eigenvalue weighted by Gasteiger charge is -2.19. The van der Waals surface area contributed by atoms with Crippen LogP contribution in [0.15, 0.2) is 42.5 Å². The molecule has 0 aromatic heterocycles. The highest BCUT2D eigenvalue weighted by molar-refractivity contribution is 5.88. The number of hydrogen-bond donors (Lipinski definition) is 3. The van der Waals surface area contributed by atoms with Gasteiger partial charge in [0.25, 0.3) is 0 Å². The molecular formula is C19H29NO6. The molecule has 0 aliphatic heterocycles. The number of nitrogens with two attached hydrogens (primary N) is 1. The lowest BCUT2D eigenvalue weighted by atomic mass is 10.1. The Morgan fingerprint density at radius 2 is 1.85 bits per heavy atom. The largest absolute Gasteiger partial charge is 0.545 e. The van der Waals surface area contributed by atoms with Crippen LogP contribution in [0.4, 0.5) is 0 Å². The molecule has 0 heterocycles. The van der Waals surface area contributed by atoms with Gasteiger partial charge in [-0.3, -0.25) is 0 Å². The van der Waals surface area contributed by atoms with Crippen molar-refractivity contribution in [1.82, 2.24) is 0 Å². The monoisotopic (exact) mass is 367 g/mol. The Morgan fingerprint density at radius 1 is 1.23 bits per heavy atom. The van der Waals surface area contributed by atoms with Gasteiger partial charge in [0.05, 0.1) is 24.7 Å². The fourth-order valence-electron chi connectivity index (χ4n) is 1.75. The molecule has 0 amide bonds. The summed E-state index contributed by atoms with van der Waals surface area (Å²) in [6.07, 6.45) is 1.45. The van der Waals surface area contributed by atoms with Gasteiger partial charge in [-0.2, -0.15) is 0 Å². The normalized spacial score (nSPS) is 12.3. The molecule has 0 fully saturated rings. The summed E-state index contributed by atoms with van der Waals surface area (Å²) < 4.78 is 5.49. The first-order valence-electron chi connectivity index (χ1n) is 8.36. The van der Waals surface area contributed by atoms with E-state index in [2.05, 4.69) is 38.2 Å². The molecule has 0 radical (unpaired) electrons. The number of carbonyl (C=O) groups excluding carboxylic acids is 1. The summed E-state index contributed by atoms with van der Waals surface area (Å²) in [6, 6.07) is 10.3. The number of aliphatic hydroxyl groups is 1. The summed E-state index contributed by atoms with van der Waals surface area (Å²) in [4.78, 5) is 19.0. The highest BCUT2D eigenvalue weighted by Crippen LogP contribution is 1.99. The van der Waals surface area contributed by atoms with Crippen molar-refractivity contribution in [2.75, 3.05) is 19.8 Å². The lowest BCUT2D eigenvalue weighted by molar-refractivity contribution is -0.722. The summed E-state index contributed by atoms with van der Waals surface area (Å²) in [7, 11) is 0. The molecule has 7 heteroatoms. The van der Waals surface area contributed by atoms with E-state index < -0.39 is 11.9 Å². The Bertz CT molecular complexity index is 535. The molecule has 26 heavy (non-hydrogen) atoms. The van der Waals surface area contributed by atoms with Gasteiger partial charge >= 0.3 is 5.97 Å². The number of aliphatic carboxylic acids is 2. The first-order valence-corrected chi connectivity index (χ1v) is 8.36. The predicted octanol–water partition coefficient (Wildman–Crippen LogP) is -0.654. The maximum atomic E-state index is 9.75. The van der Waals surface area contributed by atoms with Gasteiger partial charge in [0.1, 0.15) is 12.6 Å². The third-order valence-corrected chi connectivity index (χ3v) is 3.05. The number of rotatable bonds is 9. The second-order valence-corrected chi connectivity index (χ2v) is 6.76. The number of carbonyl (C=O) groups is 2. The van der Waals surface area contributed by atoms with E-state index in [4.69, 9.17) is 9.84 Å². The van der Waals surface area contributed by atoms with Crippen LogP contribution in [-0.4, -0.2) is 53.6 Å². The van der Waals surface area contributed by atoms with Crippen molar-refractivity contribution in [3.63, 3.8) is 0 Å². The highest BCUT2D eigenvalue weighted by atomic mass is 16.5. The van der Waals surface area contributed by atoms with Gasteiger partial charge < -0.3 is 30.2 Å². The SMILES string of the molecule is CC(C)(C)[NH2+]CC(O)COCCc1ccccc1.O=C([O-])/C=C/C(=O)O. The number of aliphatic hydroxyl groups excluding tert-OH is 1. The average molecular weight is 367 g/mol. The van der Waals surface area contributed by atoms with Crippen LogP contribution in [0, 0.1) is 0 Å². The van der Waals surface area contributed by atoms with Crippen molar-refractivity contribution >= 4 is 11.9 Å². The van der Waals surface area contributed by atoms with E-state index in [1.807, 2.05) is 18.2 Å². The van der Waals surface area contributed by atoms with Crippen LogP contribution >= 0.6 is 0 Å². The Morgan fingerprint density at radius 3 is 2.31 bits per heavy atom. The standard InChI is InChI=1S/C15H25NO2.C4H4O4/c1-15(2,3)16-11-14(17)12-18-10-9-13-7-5-4-6-8-13;5-3(6)1-2-4(7)8/h4-8,14,16-17H,9-12H2,1-3H3;1-2H,(H,5,6)(H,7,8)/b;2-1+. The number of hydrogen-bond acceptors (Lipinski definition) is 5. The minimum Gasteiger partial charge on any atom is -0.545 e. The molecule has 0 bridgehead atoms. The van der Waals surface area contributed by atoms with Gasteiger partial charge in [-0.1, -0.05) is 30.3 Å². The molecule has 146 valence electrons. The molecule has 1 atom stereocenters. The Hall–Kier alpha value is -2.22. The first-order chi connectivity index (χ1) is 12.1. The molecule has 0 saturated heterocycles. The van der Waals surface area contributed by atoms with Crippen molar-refractivity contribution in [3.8, 4) is 0 Å². The maximum absolute atomic E-state index is 9.75. The minimum atomic E-state index is -1.51. The smallest absolute Gasteiger partial charge is 0.328 e. The Balaban J connectivity index is 0.000000660. The third kappa shape index (κ3) is 16.6. The molecule has 7 nitrogen and oxygen atoms in total. The van der Waals surface area contributed by atoms with E-state index in [9.17, 15) is 19.8 Å². The van der Waals surface area contributed by atoms with Crippen LogP contribution in [0.25, 0.3) is 0 Å². The van der Waals surface area contributed by atoms with Gasteiger partial charge in [-0.25, -0.2) is 4.79 Å². The Kier molecular flexibility index (Phi) is 11.9. The average Bonchev–Trinajstić information content (AvgIpc) is 2.56. The zero-order valence-electron chi connectivity index (χ0n) is 15.6. The Labute approximate surface area is 154 Å². The van der Waals surface area contributed by atoms with E-state index in [-0.39, 0.29) is 11.6 Å². The number of benzene rings is 1. The summed E-state index contributed by atoms with van der Waals surface area (Å²) in [6.45, 7) is 8.17. The van der Waals surface area contributed by atoms with Crippen LogP contribution in [0.3, 0.4) is 0 Å². The van der Waals surface area contributed by atoms with E-state index in [0.717, 1.165) is 6.42 Å². The van der Waals surface area contributed by atoms with Gasteiger partial charge in [-0.15, -0.1) is 0 Å². The zero-order chi connectivity index (χ0) is 20.0. The summed E-state index contributed by atoms with van der Waals surface area (Å²) in [5, 5.41) is 29.1. The molecule has 0 aliphatic carbocycles. The predicted molar refractivity (Wildman–Crippen MR) is 95.3 cm³/mol. The molecule has 1 aromatic rings. The second kappa shape index (κ2) is 13.0. The van der Waals surface area contributed by atoms with E-state index in [1.165, 1.54) is 5.56 Å². The van der Waals surface area contributed by atoms with E-state index in [0.29, 0.717) is 31.9 Å². The first kappa shape index (κ1) is 23.8. The summed E-state index contributed by atoms with van der Waals surface area (Å²) >= 11 is 0. The number of quaternary nitrogens is 1. The van der Waals surface area contributed by atoms with Crippen molar-refractivity contribution in [2.45, 2.75) is 38.8 Å². The molecule has 0 aliphatic rings. The maximum Gasteiger partial charge on any atom is 0.328 e. The molecule has 1 unspecified atom stereocenters. The van der Waals surface area contributed by atoms with Gasteiger partial charge in [-0.05, 0) is 38.8 Å².